The number of hydrogen-bond donors (Lipinski definition) is 2. The summed E-state index contributed by atoms with van der Waals surface area (Å²) < 4.78 is 5.61. The minimum Gasteiger partial charge on any atom is -0.438 e. The van der Waals surface area contributed by atoms with Gasteiger partial charge in [0.15, 0.2) is 0 Å². The number of carbonyl (C=O) groups excluding carboxylic acids is 1. The number of rotatable bonds is 4. The number of ether oxygens (including phenoxy) is 1. The third-order valence-electron chi connectivity index (χ3n) is 2.62. The molecule has 2 aromatic rings. The summed E-state index contributed by atoms with van der Waals surface area (Å²) in [5.74, 6) is 0.263. The summed E-state index contributed by atoms with van der Waals surface area (Å²) in [6.45, 7) is 1.82. The molecule has 5 heteroatoms. The minimum absolute atomic E-state index is 0.227. The number of carbonyl (C=O) groups is 1. The molecule has 0 unspecified atom stereocenters. The van der Waals surface area contributed by atoms with Gasteiger partial charge in [0, 0.05) is 18.4 Å². The molecule has 0 spiro atoms. The van der Waals surface area contributed by atoms with E-state index in [4.69, 9.17) is 10.5 Å². The Morgan fingerprint density at radius 2 is 1.89 bits per heavy atom. The van der Waals surface area contributed by atoms with Crippen molar-refractivity contribution < 1.29 is 9.53 Å². The molecule has 0 saturated heterocycles. The van der Waals surface area contributed by atoms with Gasteiger partial charge in [0.1, 0.15) is 11.3 Å². The first-order valence-corrected chi connectivity index (χ1v) is 5.83. The summed E-state index contributed by atoms with van der Waals surface area (Å²) in [7, 11) is 1.84. The van der Waals surface area contributed by atoms with Crippen molar-refractivity contribution in [3.63, 3.8) is 0 Å². The van der Waals surface area contributed by atoms with Crippen molar-refractivity contribution in [3.05, 3.63) is 47.7 Å². The third-order valence-corrected chi connectivity index (χ3v) is 2.62. The lowest BCUT2D eigenvalue weighted by Crippen LogP contribution is -2.13. The van der Waals surface area contributed by atoms with E-state index in [1.54, 1.807) is 24.3 Å². The van der Waals surface area contributed by atoms with Crippen LogP contribution in [0.3, 0.4) is 0 Å². The van der Waals surface area contributed by atoms with Crippen molar-refractivity contribution in [3.8, 4) is 11.6 Å². The minimum atomic E-state index is -0.561. The van der Waals surface area contributed by atoms with Gasteiger partial charge in [-0.3, -0.25) is 4.79 Å². The molecule has 0 saturated carbocycles. The van der Waals surface area contributed by atoms with Crippen molar-refractivity contribution in [2.24, 2.45) is 5.73 Å². The van der Waals surface area contributed by atoms with Crippen LogP contribution in [-0.2, 0) is 0 Å². The number of primary amides is 1. The van der Waals surface area contributed by atoms with Gasteiger partial charge < -0.3 is 15.8 Å². The fraction of sp³-hybridized carbons (Fsp3) is 0.143. The van der Waals surface area contributed by atoms with Crippen LogP contribution in [0.15, 0.2) is 36.4 Å². The summed E-state index contributed by atoms with van der Waals surface area (Å²) in [5, 5.41) is 3.01. The highest BCUT2D eigenvalue weighted by molar-refractivity contribution is 5.95. The Kier molecular flexibility index (Phi) is 3.66. The molecule has 0 bridgehead atoms. The number of aromatic nitrogens is 1. The van der Waals surface area contributed by atoms with Crippen LogP contribution in [0.25, 0.3) is 0 Å². The van der Waals surface area contributed by atoms with E-state index >= 15 is 0 Å². The zero-order valence-corrected chi connectivity index (χ0v) is 10.8. The quantitative estimate of drug-likeness (QED) is 0.881. The lowest BCUT2D eigenvalue weighted by atomic mass is 10.2. The van der Waals surface area contributed by atoms with Crippen LogP contribution in [0, 0.1) is 6.92 Å². The molecular formula is C14H15N3O2. The largest absolute Gasteiger partial charge is 0.438 e. The fourth-order valence-corrected chi connectivity index (χ4v) is 1.60. The normalized spacial score (nSPS) is 10.0. The summed E-state index contributed by atoms with van der Waals surface area (Å²) in [6.07, 6.45) is 0. The van der Waals surface area contributed by atoms with Gasteiger partial charge in [0.2, 0.25) is 5.88 Å². The number of nitrogens with one attached hydrogen (secondary N) is 1. The van der Waals surface area contributed by atoms with E-state index in [9.17, 15) is 4.79 Å². The highest BCUT2D eigenvalue weighted by atomic mass is 16.5. The Bertz CT molecular complexity index is 594. The van der Waals surface area contributed by atoms with Crippen LogP contribution >= 0.6 is 0 Å². The van der Waals surface area contributed by atoms with E-state index in [0.717, 1.165) is 11.4 Å². The Morgan fingerprint density at radius 1 is 1.21 bits per heavy atom. The van der Waals surface area contributed by atoms with E-state index in [1.807, 2.05) is 26.1 Å². The number of aryl methyl sites for hydroxylation is 1. The maximum Gasteiger partial charge on any atom is 0.254 e. The number of pyridine rings is 1. The first-order chi connectivity index (χ1) is 9.10. The molecule has 98 valence electrons. The third kappa shape index (κ3) is 3.01. The highest BCUT2D eigenvalue weighted by Crippen LogP contribution is 2.24. The zero-order chi connectivity index (χ0) is 13.8. The van der Waals surface area contributed by atoms with E-state index in [-0.39, 0.29) is 11.4 Å². The molecule has 0 fully saturated rings. The molecular weight excluding hydrogens is 242 g/mol. The predicted octanol–water partition coefficient (Wildman–Crippen LogP) is 2.32. The number of nitrogens with zero attached hydrogens (tertiary/aromatic N) is 1. The highest BCUT2D eigenvalue weighted by Gasteiger charge is 2.12. The topological polar surface area (TPSA) is 77.2 Å². The number of amides is 1. The van der Waals surface area contributed by atoms with Crippen LogP contribution in [0.4, 0.5) is 5.69 Å². The molecule has 0 aliphatic rings. The van der Waals surface area contributed by atoms with Gasteiger partial charge in [-0.1, -0.05) is 0 Å². The van der Waals surface area contributed by atoms with Crippen LogP contribution < -0.4 is 15.8 Å². The second kappa shape index (κ2) is 5.39. The number of benzene rings is 1. The maximum absolute atomic E-state index is 11.3. The van der Waals surface area contributed by atoms with Crippen LogP contribution in [-0.4, -0.2) is 17.9 Å². The van der Waals surface area contributed by atoms with Crippen molar-refractivity contribution in [1.29, 1.82) is 0 Å². The molecule has 3 N–H and O–H groups in total. The SMILES string of the molecule is CNc1ccc(Oc2nc(C)ccc2C(N)=O)cc1. The Hall–Kier alpha value is -2.56. The molecule has 0 atom stereocenters. The van der Waals surface area contributed by atoms with Gasteiger partial charge in [-0.2, -0.15) is 0 Å². The summed E-state index contributed by atoms with van der Waals surface area (Å²) in [6, 6.07) is 10.7. The lowest BCUT2D eigenvalue weighted by Gasteiger charge is -2.09. The zero-order valence-electron chi connectivity index (χ0n) is 10.8. The van der Waals surface area contributed by atoms with Gasteiger partial charge in [-0.15, -0.1) is 0 Å². The average molecular weight is 257 g/mol. The van der Waals surface area contributed by atoms with Crippen molar-refractivity contribution in [2.75, 3.05) is 12.4 Å². The van der Waals surface area contributed by atoms with Gasteiger partial charge in [0.25, 0.3) is 5.91 Å². The molecule has 1 aromatic carbocycles. The van der Waals surface area contributed by atoms with Gasteiger partial charge >= 0.3 is 0 Å². The first kappa shape index (κ1) is 12.9. The molecule has 1 amide bonds. The fourth-order valence-electron chi connectivity index (χ4n) is 1.60. The molecule has 1 aromatic heterocycles. The Morgan fingerprint density at radius 3 is 2.47 bits per heavy atom. The average Bonchev–Trinajstić information content (AvgIpc) is 2.39. The molecule has 0 aliphatic carbocycles. The first-order valence-electron chi connectivity index (χ1n) is 5.83. The molecule has 5 nitrogen and oxygen atoms in total. The monoisotopic (exact) mass is 257 g/mol. The van der Waals surface area contributed by atoms with Crippen LogP contribution in [0.2, 0.25) is 0 Å². The van der Waals surface area contributed by atoms with Gasteiger partial charge in [0.05, 0.1) is 0 Å². The molecule has 19 heavy (non-hydrogen) atoms. The molecule has 0 aliphatic heterocycles. The lowest BCUT2D eigenvalue weighted by molar-refractivity contribution is 0.0997. The molecule has 0 radical (unpaired) electrons. The van der Waals surface area contributed by atoms with Crippen molar-refractivity contribution in [1.82, 2.24) is 4.98 Å². The predicted molar refractivity (Wildman–Crippen MR) is 73.6 cm³/mol. The Balaban J connectivity index is 2.31. The number of hydrogen-bond acceptors (Lipinski definition) is 4. The summed E-state index contributed by atoms with van der Waals surface area (Å²) in [4.78, 5) is 15.5. The molecule has 2 rings (SSSR count). The summed E-state index contributed by atoms with van der Waals surface area (Å²) >= 11 is 0. The molecule has 1 heterocycles. The second-order valence-electron chi connectivity index (χ2n) is 4.05. The number of nitrogens with two attached hydrogens (primary N) is 1. The van der Waals surface area contributed by atoms with Gasteiger partial charge in [-0.05, 0) is 43.3 Å². The maximum atomic E-state index is 11.3. The van der Waals surface area contributed by atoms with E-state index in [2.05, 4.69) is 10.3 Å². The second-order valence-corrected chi connectivity index (χ2v) is 4.05. The smallest absolute Gasteiger partial charge is 0.254 e. The van der Waals surface area contributed by atoms with Crippen molar-refractivity contribution >= 4 is 11.6 Å². The van der Waals surface area contributed by atoms with Gasteiger partial charge in [-0.25, -0.2) is 4.98 Å². The van der Waals surface area contributed by atoms with E-state index < -0.39 is 5.91 Å². The number of anilines is 1. The Labute approximate surface area is 111 Å². The summed E-state index contributed by atoms with van der Waals surface area (Å²) in [5.41, 5.74) is 7.29. The van der Waals surface area contributed by atoms with E-state index in [0.29, 0.717) is 5.75 Å². The van der Waals surface area contributed by atoms with Crippen LogP contribution in [0.1, 0.15) is 16.1 Å². The van der Waals surface area contributed by atoms with Crippen LogP contribution in [0.5, 0.6) is 11.6 Å². The standard InChI is InChI=1S/C14H15N3O2/c1-9-3-8-12(13(15)18)14(17-9)19-11-6-4-10(16-2)5-7-11/h3-8,16H,1-2H3,(H2,15,18). The van der Waals surface area contributed by atoms with E-state index in [1.165, 1.54) is 0 Å². The van der Waals surface area contributed by atoms with Crippen molar-refractivity contribution in [2.45, 2.75) is 6.92 Å².